The molecule has 4 nitrogen and oxygen atoms in total. The van der Waals surface area contributed by atoms with Crippen LogP contribution in [0.15, 0.2) is 48.7 Å². The molecule has 25 heavy (non-hydrogen) atoms. The van der Waals surface area contributed by atoms with E-state index in [2.05, 4.69) is 11.1 Å². The van der Waals surface area contributed by atoms with E-state index in [4.69, 9.17) is 4.74 Å². The van der Waals surface area contributed by atoms with Gasteiger partial charge < -0.3 is 14.6 Å². The van der Waals surface area contributed by atoms with Gasteiger partial charge in [0.2, 0.25) is 5.91 Å². The lowest BCUT2D eigenvalue weighted by molar-refractivity contribution is -0.122. The van der Waals surface area contributed by atoms with Crippen molar-refractivity contribution in [3.05, 3.63) is 59.8 Å². The molecule has 0 atom stereocenters. The molecule has 2 aromatic carbocycles. The van der Waals surface area contributed by atoms with E-state index < -0.39 is 5.41 Å². The smallest absolute Gasteiger partial charge is 0.237 e. The van der Waals surface area contributed by atoms with E-state index in [9.17, 15) is 4.79 Å². The second-order valence-corrected chi connectivity index (χ2v) is 7.07. The Kier molecular flexibility index (Phi) is 3.57. The van der Waals surface area contributed by atoms with Crippen LogP contribution < -0.4 is 9.64 Å². The zero-order chi connectivity index (χ0) is 17.6. The van der Waals surface area contributed by atoms with Crippen LogP contribution in [-0.2, 0) is 16.6 Å². The van der Waals surface area contributed by atoms with Gasteiger partial charge >= 0.3 is 0 Å². The average molecular weight is 334 g/mol. The average Bonchev–Trinajstić information content (AvgIpc) is 3.24. The van der Waals surface area contributed by atoms with Crippen LogP contribution in [0.2, 0.25) is 0 Å². The minimum Gasteiger partial charge on any atom is -0.497 e. The molecule has 0 saturated carbocycles. The highest BCUT2D eigenvalue weighted by Gasteiger charge is 2.38. The van der Waals surface area contributed by atoms with Gasteiger partial charge in [0.25, 0.3) is 0 Å². The number of benzene rings is 2. The molecule has 0 unspecified atom stereocenters. The number of nitrogens with zero attached hydrogens (tertiary/aromatic N) is 1. The van der Waals surface area contributed by atoms with Crippen LogP contribution in [0, 0.1) is 0 Å². The largest absolute Gasteiger partial charge is 0.497 e. The SMILES string of the molecule is COc1ccc2[nH]cc(C(C)(C)C(=O)N3CCc4ccccc43)c2c1. The van der Waals surface area contributed by atoms with E-state index in [1.54, 1.807) is 7.11 Å². The minimum atomic E-state index is -0.637. The normalized spacial score (nSPS) is 14.0. The number of carbonyl (C=O) groups is 1. The summed E-state index contributed by atoms with van der Waals surface area (Å²) in [5, 5.41) is 1.03. The summed E-state index contributed by atoms with van der Waals surface area (Å²) in [5.74, 6) is 0.921. The van der Waals surface area contributed by atoms with E-state index >= 15 is 0 Å². The molecule has 1 aromatic heterocycles. The molecule has 1 aliphatic heterocycles. The molecule has 4 rings (SSSR count). The summed E-state index contributed by atoms with van der Waals surface area (Å²) >= 11 is 0. The van der Waals surface area contributed by atoms with Crippen LogP contribution in [0.25, 0.3) is 10.9 Å². The number of hydrogen-bond acceptors (Lipinski definition) is 2. The second-order valence-electron chi connectivity index (χ2n) is 7.07. The quantitative estimate of drug-likeness (QED) is 0.785. The van der Waals surface area contributed by atoms with Crippen molar-refractivity contribution in [1.29, 1.82) is 0 Å². The van der Waals surface area contributed by atoms with E-state index in [-0.39, 0.29) is 5.91 Å². The molecule has 1 aliphatic rings. The number of nitrogens with one attached hydrogen (secondary N) is 1. The van der Waals surface area contributed by atoms with Gasteiger partial charge in [-0.25, -0.2) is 0 Å². The molecule has 4 heteroatoms. The number of methoxy groups -OCH3 is 1. The second kappa shape index (κ2) is 5.66. The Bertz CT molecular complexity index is 955. The van der Waals surface area contributed by atoms with Crippen LogP contribution >= 0.6 is 0 Å². The van der Waals surface area contributed by atoms with E-state index in [1.165, 1.54) is 5.56 Å². The van der Waals surface area contributed by atoms with Crippen molar-refractivity contribution in [2.75, 3.05) is 18.6 Å². The van der Waals surface area contributed by atoms with Gasteiger partial charge in [0.15, 0.2) is 0 Å². The van der Waals surface area contributed by atoms with Gasteiger partial charge in [-0.1, -0.05) is 18.2 Å². The molecule has 3 aromatic rings. The first-order chi connectivity index (χ1) is 12.0. The van der Waals surface area contributed by atoms with Crippen molar-refractivity contribution in [2.45, 2.75) is 25.7 Å². The molecule has 2 heterocycles. The summed E-state index contributed by atoms with van der Waals surface area (Å²) in [4.78, 5) is 18.6. The third kappa shape index (κ3) is 2.40. The number of H-pyrrole nitrogens is 1. The third-order valence-corrected chi connectivity index (χ3v) is 5.23. The number of aromatic nitrogens is 1. The molecule has 1 amide bonds. The number of hydrogen-bond donors (Lipinski definition) is 1. The maximum absolute atomic E-state index is 13.4. The maximum atomic E-state index is 13.4. The number of amides is 1. The topological polar surface area (TPSA) is 45.3 Å². The number of rotatable bonds is 3. The van der Waals surface area contributed by atoms with Crippen LogP contribution in [-0.4, -0.2) is 24.5 Å². The van der Waals surface area contributed by atoms with Crippen molar-refractivity contribution in [2.24, 2.45) is 0 Å². The van der Waals surface area contributed by atoms with Crippen molar-refractivity contribution in [3.63, 3.8) is 0 Å². The zero-order valence-corrected chi connectivity index (χ0v) is 14.8. The van der Waals surface area contributed by atoms with Crippen LogP contribution in [0.5, 0.6) is 5.75 Å². The highest BCUT2D eigenvalue weighted by atomic mass is 16.5. The molecule has 1 N–H and O–H groups in total. The van der Waals surface area contributed by atoms with E-state index in [1.807, 2.05) is 61.3 Å². The van der Waals surface area contributed by atoms with Crippen molar-refractivity contribution < 1.29 is 9.53 Å². The van der Waals surface area contributed by atoms with E-state index in [0.29, 0.717) is 0 Å². The number of aromatic amines is 1. The molecular formula is C21H22N2O2. The number of carbonyl (C=O) groups excluding carboxylic acids is 1. The minimum absolute atomic E-state index is 0.126. The first-order valence-electron chi connectivity index (χ1n) is 8.58. The Morgan fingerprint density at radius 3 is 2.80 bits per heavy atom. The first kappa shape index (κ1) is 15.8. The summed E-state index contributed by atoms with van der Waals surface area (Å²) in [6, 6.07) is 14.1. The van der Waals surface area contributed by atoms with E-state index in [0.717, 1.165) is 40.9 Å². The van der Waals surface area contributed by atoms with Gasteiger partial charge in [0, 0.05) is 29.3 Å². The Labute approximate surface area is 147 Å². The zero-order valence-electron chi connectivity index (χ0n) is 14.8. The van der Waals surface area contributed by atoms with Crippen molar-refractivity contribution in [3.8, 4) is 5.75 Å². The van der Waals surface area contributed by atoms with Crippen molar-refractivity contribution >= 4 is 22.5 Å². The predicted octanol–water partition coefficient (Wildman–Crippen LogP) is 4.04. The fourth-order valence-corrected chi connectivity index (χ4v) is 3.75. The van der Waals surface area contributed by atoms with Gasteiger partial charge in [0.05, 0.1) is 12.5 Å². The highest BCUT2D eigenvalue weighted by Crippen LogP contribution is 2.37. The van der Waals surface area contributed by atoms with Gasteiger partial charge in [-0.3, -0.25) is 4.79 Å². The first-order valence-corrected chi connectivity index (χ1v) is 8.58. The van der Waals surface area contributed by atoms with Crippen LogP contribution in [0.1, 0.15) is 25.0 Å². The summed E-state index contributed by atoms with van der Waals surface area (Å²) in [6.45, 7) is 4.74. The molecular weight excluding hydrogens is 312 g/mol. The Balaban J connectivity index is 1.76. The molecule has 0 bridgehead atoms. The number of para-hydroxylation sites is 1. The number of ether oxygens (including phenoxy) is 1. The lowest BCUT2D eigenvalue weighted by Crippen LogP contribution is -2.42. The van der Waals surface area contributed by atoms with Crippen LogP contribution in [0.4, 0.5) is 5.69 Å². The van der Waals surface area contributed by atoms with Gasteiger partial charge in [-0.15, -0.1) is 0 Å². The lowest BCUT2D eigenvalue weighted by atomic mass is 9.83. The molecule has 0 spiro atoms. The maximum Gasteiger partial charge on any atom is 0.237 e. The lowest BCUT2D eigenvalue weighted by Gasteiger charge is -2.29. The summed E-state index contributed by atoms with van der Waals surface area (Å²) in [6.07, 6.45) is 2.86. The summed E-state index contributed by atoms with van der Waals surface area (Å²) in [5.41, 5.74) is 3.65. The number of anilines is 1. The summed E-state index contributed by atoms with van der Waals surface area (Å²) in [7, 11) is 1.66. The molecule has 128 valence electrons. The van der Waals surface area contributed by atoms with Crippen LogP contribution in [0.3, 0.4) is 0 Å². The highest BCUT2D eigenvalue weighted by molar-refractivity contribution is 6.04. The van der Waals surface area contributed by atoms with Gasteiger partial charge in [0.1, 0.15) is 5.75 Å². The molecule has 0 radical (unpaired) electrons. The van der Waals surface area contributed by atoms with Gasteiger partial charge in [-0.05, 0) is 55.7 Å². The number of fused-ring (bicyclic) bond motifs is 2. The molecule has 0 saturated heterocycles. The molecule has 0 aliphatic carbocycles. The Hall–Kier alpha value is -2.75. The standard InChI is InChI=1S/C21H22N2O2/c1-21(2,17-13-22-18-9-8-15(25-3)12-16(17)18)20(24)23-11-10-14-6-4-5-7-19(14)23/h4-9,12-13,22H,10-11H2,1-3H3. The monoisotopic (exact) mass is 334 g/mol. The van der Waals surface area contributed by atoms with Gasteiger partial charge in [-0.2, -0.15) is 0 Å². The van der Waals surface area contributed by atoms with Crippen molar-refractivity contribution in [1.82, 2.24) is 4.98 Å². The Morgan fingerprint density at radius 2 is 2.00 bits per heavy atom. The fraction of sp³-hybridized carbons (Fsp3) is 0.286. The molecule has 0 fully saturated rings. The predicted molar refractivity (Wildman–Crippen MR) is 100 cm³/mol. The fourth-order valence-electron chi connectivity index (χ4n) is 3.75. The third-order valence-electron chi connectivity index (χ3n) is 5.23. The summed E-state index contributed by atoms with van der Waals surface area (Å²) < 4.78 is 5.36. The Morgan fingerprint density at radius 1 is 1.20 bits per heavy atom.